The van der Waals surface area contributed by atoms with Gasteiger partial charge in [-0.05, 0) is 43.4 Å². The molecule has 0 N–H and O–H groups in total. The second-order valence-electron chi connectivity index (χ2n) is 4.42. The zero-order chi connectivity index (χ0) is 8.72. The molecule has 0 radical (unpaired) electrons. The van der Waals surface area contributed by atoms with Crippen LogP contribution in [0.15, 0.2) is 10.5 Å². The lowest BCUT2D eigenvalue weighted by Crippen LogP contribution is -2.23. The molecular formula is C11H20S. The van der Waals surface area contributed by atoms with Crippen LogP contribution < -0.4 is 0 Å². The molecule has 0 saturated heterocycles. The molecule has 0 aromatic heterocycles. The van der Waals surface area contributed by atoms with Crippen LogP contribution in [0.4, 0.5) is 0 Å². The molecule has 2 rings (SSSR count). The van der Waals surface area contributed by atoms with Gasteiger partial charge >= 0.3 is 0 Å². The summed E-state index contributed by atoms with van der Waals surface area (Å²) >= 11 is 2.14. The molecule has 0 nitrogen and oxygen atoms in total. The first kappa shape index (κ1) is 8.68. The minimum atomic E-state index is 0. The van der Waals surface area contributed by atoms with Crippen LogP contribution in [-0.4, -0.2) is 5.25 Å². The van der Waals surface area contributed by atoms with Gasteiger partial charge in [0.15, 0.2) is 0 Å². The lowest BCUT2D eigenvalue weighted by atomic mass is 9.79. The Kier molecular flexibility index (Phi) is 2.24. The fourth-order valence-corrected chi connectivity index (χ4v) is 4.26. The third-order valence-electron chi connectivity index (χ3n) is 3.49. The molecule has 3 unspecified atom stereocenters. The molecule has 0 spiro atoms. The molecule has 1 aliphatic carbocycles. The van der Waals surface area contributed by atoms with E-state index in [-0.39, 0.29) is 1.43 Å². The smallest absolute Gasteiger partial charge is 0.0159 e. The molecule has 0 aromatic rings. The Morgan fingerprint density at radius 1 is 1.33 bits per heavy atom. The van der Waals surface area contributed by atoms with Crippen LogP contribution in [-0.2, 0) is 0 Å². The molecule has 3 atom stereocenters. The Bertz CT molecular complexity index is 222. The molecule has 70 valence electrons. The summed E-state index contributed by atoms with van der Waals surface area (Å²) in [5.41, 5.74) is 1.69. The van der Waals surface area contributed by atoms with E-state index in [2.05, 4.69) is 32.5 Å². The van der Waals surface area contributed by atoms with E-state index in [9.17, 15) is 0 Å². The Labute approximate surface area is 81.3 Å². The molecule has 0 amide bonds. The Hall–Kier alpha value is 0.0900. The summed E-state index contributed by atoms with van der Waals surface area (Å²) in [4.78, 5) is 1.61. The van der Waals surface area contributed by atoms with E-state index >= 15 is 0 Å². The maximum absolute atomic E-state index is 2.40. The van der Waals surface area contributed by atoms with E-state index in [1.165, 1.54) is 19.3 Å². The second kappa shape index (κ2) is 3.10. The van der Waals surface area contributed by atoms with Crippen molar-refractivity contribution in [3.63, 3.8) is 0 Å². The number of hydrogen-bond donors (Lipinski definition) is 0. The van der Waals surface area contributed by atoms with Gasteiger partial charge in [0.2, 0.25) is 0 Å². The van der Waals surface area contributed by atoms with Crippen LogP contribution in [0.1, 0.15) is 41.5 Å². The molecule has 12 heavy (non-hydrogen) atoms. The van der Waals surface area contributed by atoms with Gasteiger partial charge in [0.1, 0.15) is 0 Å². The zero-order valence-electron chi connectivity index (χ0n) is 8.26. The Balaban J connectivity index is 0.000000845. The third kappa shape index (κ3) is 1.32. The average molecular weight is 184 g/mol. The highest BCUT2D eigenvalue weighted by atomic mass is 32.2. The molecule has 1 aliphatic heterocycles. The van der Waals surface area contributed by atoms with Crippen molar-refractivity contribution in [3.8, 4) is 0 Å². The van der Waals surface area contributed by atoms with E-state index in [0.29, 0.717) is 0 Å². The highest BCUT2D eigenvalue weighted by Crippen LogP contribution is 2.49. The van der Waals surface area contributed by atoms with Gasteiger partial charge in [0.05, 0.1) is 0 Å². The van der Waals surface area contributed by atoms with Gasteiger partial charge in [-0.1, -0.05) is 18.9 Å². The molecule has 2 aliphatic rings. The Morgan fingerprint density at radius 3 is 2.83 bits per heavy atom. The lowest BCUT2D eigenvalue weighted by Gasteiger charge is -2.30. The predicted molar refractivity (Wildman–Crippen MR) is 58.4 cm³/mol. The summed E-state index contributed by atoms with van der Waals surface area (Å²) in [6, 6.07) is 0. The van der Waals surface area contributed by atoms with E-state index < -0.39 is 0 Å². The molecule has 0 bridgehead atoms. The molecule has 1 heteroatoms. The van der Waals surface area contributed by atoms with E-state index in [1.54, 1.807) is 10.5 Å². The van der Waals surface area contributed by atoms with E-state index in [1.807, 2.05) is 0 Å². The summed E-state index contributed by atoms with van der Waals surface area (Å²) < 4.78 is 0. The van der Waals surface area contributed by atoms with Crippen LogP contribution >= 0.6 is 11.8 Å². The largest absolute Gasteiger partial charge is 0.127 e. The number of fused-ring (bicyclic) bond motifs is 1. The first-order valence-electron chi connectivity index (χ1n) is 5.02. The second-order valence-corrected chi connectivity index (χ2v) is 5.87. The standard InChI is InChI=1S/C11H18S.H2/c1-7-4-5-10-8(2)9(3)12-11(10)6-7;/h7,10-11H,4-6H2,1-3H3;1H. The molecule has 1 fully saturated rings. The van der Waals surface area contributed by atoms with Crippen molar-refractivity contribution in [1.29, 1.82) is 0 Å². The summed E-state index contributed by atoms with van der Waals surface area (Å²) in [5, 5.41) is 0.939. The van der Waals surface area contributed by atoms with Gasteiger partial charge < -0.3 is 0 Å². The molecule has 0 aromatic carbocycles. The van der Waals surface area contributed by atoms with Crippen molar-refractivity contribution in [2.24, 2.45) is 11.8 Å². The van der Waals surface area contributed by atoms with Crippen molar-refractivity contribution in [3.05, 3.63) is 10.5 Å². The van der Waals surface area contributed by atoms with Crippen molar-refractivity contribution >= 4 is 11.8 Å². The van der Waals surface area contributed by atoms with Gasteiger partial charge in [-0.3, -0.25) is 0 Å². The number of thioether (sulfide) groups is 1. The molecular weight excluding hydrogens is 164 g/mol. The molecule has 1 heterocycles. The summed E-state index contributed by atoms with van der Waals surface area (Å²) in [6.45, 7) is 7.03. The van der Waals surface area contributed by atoms with Crippen LogP contribution in [0, 0.1) is 11.8 Å². The first-order chi connectivity index (χ1) is 5.68. The SMILES string of the molecule is CC1=C(C)C2CCC(C)CC2S1.[HH]. The van der Waals surface area contributed by atoms with Crippen LogP contribution in [0.3, 0.4) is 0 Å². The van der Waals surface area contributed by atoms with Gasteiger partial charge in [0.25, 0.3) is 0 Å². The fraction of sp³-hybridized carbons (Fsp3) is 0.818. The topological polar surface area (TPSA) is 0 Å². The maximum atomic E-state index is 2.40. The van der Waals surface area contributed by atoms with Gasteiger partial charge in [0, 0.05) is 6.68 Å². The minimum Gasteiger partial charge on any atom is -0.127 e. The first-order valence-corrected chi connectivity index (χ1v) is 5.90. The van der Waals surface area contributed by atoms with Crippen molar-refractivity contribution in [2.45, 2.75) is 45.3 Å². The van der Waals surface area contributed by atoms with Gasteiger partial charge in [-0.15, -0.1) is 11.8 Å². The van der Waals surface area contributed by atoms with Gasteiger partial charge in [-0.25, -0.2) is 0 Å². The zero-order valence-corrected chi connectivity index (χ0v) is 9.08. The normalized spacial score (nSPS) is 41.8. The number of hydrogen-bond acceptors (Lipinski definition) is 1. The summed E-state index contributed by atoms with van der Waals surface area (Å²) in [5.74, 6) is 1.91. The third-order valence-corrected chi connectivity index (χ3v) is 4.99. The highest BCUT2D eigenvalue weighted by Gasteiger charge is 2.35. The van der Waals surface area contributed by atoms with Gasteiger partial charge in [-0.2, -0.15) is 0 Å². The monoisotopic (exact) mass is 184 g/mol. The maximum Gasteiger partial charge on any atom is 0.0159 e. The summed E-state index contributed by atoms with van der Waals surface area (Å²) in [6.07, 6.45) is 4.35. The van der Waals surface area contributed by atoms with Crippen LogP contribution in [0.5, 0.6) is 0 Å². The van der Waals surface area contributed by atoms with E-state index in [4.69, 9.17) is 0 Å². The molecule has 1 saturated carbocycles. The average Bonchev–Trinajstić information content (AvgIpc) is 2.28. The lowest BCUT2D eigenvalue weighted by molar-refractivity contribution is 0.334. The van der Waals surface area contributed by atoms with Crippen molar-refractivity contribution in [1.82, 2.24) is 0 Å². The van der Waals surface area contributed by atoms with E-state index in [0.717, 1.165) is 17.1 Å². The van der Waals surface area contributed by atoms with Crippen molar-refractivity contribution < 1.29 is 1.43 Å². The minimum absolute atomic E-state index is 0. The quantitative estimate of drug-likeness (QED) is 0.546. The Morgan fingerprint density at radius 2 is 2.08 bits per heavy atom. The predicted octanol–water partition coefficient (Wildman–Crippen LogP) is 4.08. The van der Waals surface area contributed by atoms with Crippen molar-refractivity contribution in [2.75, 3.05) is 0 Å². The number of allylic oxidation sites excluding steroid dienone is 2. The fourth-order valence-electron chi connectivity index (χ4n) is 2.54. The van der Waals surface area contributed by atoms with Crippen LogP contribution in [0.25, 0.3) is 0 Å². The highest BCUT2D eigenvalue weighted by molar-refractivity contribution is 8.03. The van der Waals surface area contributed by atoms with Crippen LogP contribution in [0.2, 0.25) is 0 Å². The number of rotatable bonds is 0. The summed E-state index contributed by atoms with van der Waals surface area (Å²) in [7, 11) is 0.